The van der Waals surface area contributed by atoms with Crippen molar-refractivity contribution in [1.82, 2.24) is 49.8 Å². The summed E-state index contributed by atoms with van der Waals surface area (Å²) in [7, 11) is 12.9. The Labute approximate surface area is 905 Å². The molecule has 12 atom stereocenters. The van der Waals surface area contributed by atoms with Gasteiger partial charge in [0.15, 0.2) is 0 Å². The highest BCUT2D eigenvalue weighted by molar-refractivity contribution is 7.80. The zero-order valence-electron chi connectivity index (χ0n) is 84.5. The number of carbonyl (C=O) groups excluding carboxylic acids is 6. The first-order chi connectivity index (χ1) is 68.2. The van der Waals surface area contributed by atoms with Crippen LogP contribution in [0, 0.1) is 35.5 Å². The Balaban J connectivity index is 0.000000261. The predicted octanol–water partition coefficient (Wildman–Crippen LogP) is 19.7. The number of carbonyl (C=O) groups is 6. The van der Waals surface area contributed by atoms with Gasteiger partial charge in [-0.25, -0.2) is 0 Å². The minimum Gasteiger partial charge on any atom is -0.469 e. The molecule has 34 heteroatoms. The molecule has 6 aromatic carbocycles. The maximum atomic E-state index is 12.5. The number of ether oxygens (including phenoxy) is 6. The molecule has 9 unspecified atom stereocenters. The number of nitrogens with zero attached hydrogens (tertiary/aromatic N) is 8. The van der Waals surface area contributed by atoms with E-state index in [0.29, 0.717) is 16.8 Å². The van der Waals surface area contributed by atoms with E-state index in [0.717, 1.165) is 294 Å². The van der Waals surface area contributed by atoms with E-state index < -0.39 is 0 Å². The number of alkyl halides is 2. The van der Waals surface area contributed by atoms with Crippen LogP contribution in [0.25, 0.3) is 0 Å². The zero-order chi connectivity index (χ0) is 103. The molecule has 141 heavy (non-hydrogen) atoms. The van der Waals surface area contributed by atoms with Crippen molar-refractivity contribution in [2.24, 2.45) is 35.5 Å². The Morgan fingerprint density at radius 3 is 0.716 bits per heavy atom. The standard InChI is InChI=1S/2C22H36ClN3O2S2.C17H23Cl2NO2.C16H21Cl2NO2.2C14H18ClNO2.C2H6/c2*1-28-22(27)21-17-26(12-7-20(21)18-3-5-19(23)6-4-18)11-2-10-25(14-16-30)13-8-24-9-15-29;1-22-17(21)16-12-20(10-3-2-9-18)11-8-15(16)13-4-6-14(19)7-5-13;1-21-16(20)15-11-19(9-2-8-17)10-7-14(15)12-3-5-13(18)6-4-12;2*1-16-8-7-12(13(9-16)14(17)18-2)10-3-5-11(15)6-4-10;1-2/h2*3-6,20-21,24,29-30H,2,7-17H2,1H3;4-7,15-16H,2-3,8-12H2,1H3;3-6,14-15H,2,7-11H2,1H3;2*3-6,12-13H,7-9H2,1-2H3;1-2H3/t20?,21-;;15?,16-;;12?,13-;;/m0.0.0../s1. The van der Waals surface area contributed by atoms with Crippen LogP contribution in [0.3, 0.4) is 0 Å². The third-order valence-electron chi connectivity index (χ3n) is 27.2. The van der Waals surface area contributed by atoms with Crippen LogP contribution in [0.15, 0.2) is 146 Å². The molecule has 6 aliphatic rings. The lowest BCUT2D eigenvalue weighted by Gasteiger charge is -2.37. The number of nitrogens with one attached hydrogen (secondary N) is 2. The lowest BCUT2D eigenvalue weighted by molar-refractivity contribution is -0.149. The highest BCUT2D eigenvalue weighted by atomic mass is 35.5. The Hall–Kier alpha value is -4.54. The summed E-state index contributed by atoms with van der Waals surface area (Å²) in [5.41, 5.74) is 7.00. The van der Waals surface area contributed by atoms with Crippen molar-refractivity contribution in [2.45, 2.75) is 120 Å². The molecule has 788 valence electrons. The van der Waals surface area contributed by atoms with Gasteiger partial charge in [0.05, 0.1) is 78.2 Å². The van der Waals surface area contributed by atoms with Gasteiger partial charge in [-0.3, -0.25) is 28.8 Å². The van der Waals surface area contributed by atoms with Crippen LogP contribution in [0.1, 0.15) is 153 Å². The van der Waals surface area contributed by atoms with Crippen molar-refractivity contribution >= 4 is 179 Å². The largest absolute Gasteiger partial charge is 0.469 e. The van der Waals surface area contributed by atoms with Crippen molar-refractivity contribution < 1.29 is 57.2 Å². The lowest BCUT2D eigenvalue weighted by atomic mass is 9.80. The molecule has 6 aromatic rings. The topological polar surface area (TPSA) is 208 Å². The highest BCUT2D eigenvalue weighted by Crippen LogP contribution is 2.41. The van der Waals surface area contributed by atoms with E-state index >= 15 is 0 Å². The predicted molar refractivity (Wildman–Crippen MR) is 597 cm³/mol. The van der Waals surface area contributed by atoms with Gasteiger partial charge in [-0.15, -0.1) is 23.2 Å². The van der Waals surface area contributed by atoms with Gasteiger partial charge in [0.2, 0.25) is 0 Å². The molecule has 0 radical (unpaired) electrons. The summed E-state index contributed by atoms with van der Waals surface area (Å²) in [6, 6.07) is 46.9. The van der Waals surface area contributed by atoms with Crippen LogP contribution in [0.4, 0.5) is 0 Å². The van der Waals surface area contributed by atoms with Gasteiger partial charge >= 0.3 is 35.8 Å². The second kappa shape index (κ2) is 72.0. The van der Waals surface area contributed by atoms with E-state index in [1.165, 1.54) is 70.5 Å². The maximum absolute atomic E-state index is 12.5. The molecule has 12 rings (SSSR count). The number of thiol groups is 4. The number of piperidine rings is 6. The Morgan fingerprint density at radius 2 is 0.504 bits per heavy atom. The maximum Gasteiger partial charge on any atom is 0.310 e. The van der Waals surface area contributed by atoms with E-state index in [9.17, 15) is 28.8 Å². The smallest absolute Gasteiger partial charge is 0.310 e. The minimum absolute atomic E-state index is 0.0880. The number of likely N-dealkylation sites (tertiary alicyclic amines) is 6. The fourth-order valence-corrected chi connectivity index (χ4v) is 21.6. The molecular formula is C107H158Cl8N10O12S4. The summed E-state index contributed by atoms with van der Waals surface area (Å²) >= 11 is 64.5. The van der Waals surface area contributed by atoms with Gasteiger partial charge in [-0.2, -0.15) is 50.5 Å². The van der Waals surface area contributed by atoms with Crippen LogP contribution in [0.2, 0.25) is 30.1 Å². The van der Waals surface area contributed by atoms with E-state index in [-0.39, 0.29) is 107 Å². The van der Waals surface area contributed by atoms with Crippen molar-refractivity contribution in [3.8, 4) is 0 Å². The summed E-state index contributed by atoms with van der Waals surface area (Å²) in [6.07, 6.45) is 11.0. The number of hydrogen-bond donors (Lipinski definition) is 6. The molecule has 2 N–H and O–H groups in total. The van der Waals surface area contributed by atoms with Gasteiger partial charge in [0.1, 0.15) is 0 Å². The van der Waals surface area contributed by atoms with Crippen LogP contribution in [0.5, 0.6) is 0 Å². The summed E-state index contributed by atoms with van der Waals surface area (Å²) in [5, 5.41) is 11.1. The average molecular weight is 2190 g/mol. The number of hydrogen-bond acceptors (Lipinski definition) is 26. The molecular weight excluding hydrogens is 2030 g/mol. The Kier molecular flexibility index (Phi) is 63.9. The molecule has 0 spiro atoms. The molecule has 0 amide bonds. The summed E-state index contributed by atoms with van der Waals surface area (Å²) in [5.74, 6) is 4.60. The monoisotopic (exact) mass is 2180 g/mol. The quantitative estimate of drug-likeness (QED) is 0.00693. The second-order valence-electron chi connectivity index (χ2n) is 36.4. The fourth-order valence-electron chi connectivity index (χ4n) is 19.7. The normalized spacial score (nSPS) is 21.8. The van der Waals surface area contributed by atoms with Gasteiger partial charge in [0.25, 0.3) is 0 Å². The fraction of sp³-hybridized carbons (Fsp3) is 0.607. The van der Waals surface area contributed by atoms with Gasteiger partial charge < -0.3 is 78.3 Å². The SMILES string of the molecule is CC.COC(=O)C1CN(C)CCC1c1ccc(Cl)cc1.COC(=O)C1CN(CCCCl)CCC1c1ccc(Cl)cc1.COC(=O)C1CN(CCCN(CCS)CCNCCS)CCC1c1ccc(Cl)cc1.COC(=O)[C@H]1CN(C)CCC1c1ccc(Cl)cc1.COC(=O)[C@H]1CN(CCCCCl)CCC1c1ccc(Cl)cc1.COC(=O)[C@H]1CN(CCCN(CCS)CCNCCS)CCC1c1ccc(Cl)cc1. The minimum atomic E-state index is -0.135. The highest BCUT2D eigenvalue weighted by Gasteiger charge is 2.42. The molecule has 6 heterocycles. The molecule has 0 aliphatic carbocycles. The molecule has 6 saturated heterocycles. The number of esters is 6. The van der Waals surface area contributed by atoms with Crippen LogP contribution in [-0.4, -0.2) is 337 Å². The van der Waals surface area contributed by atoms with Crippen molar-refractivity contribution in [1.29, 1.82) is 0 Å². The first-order valence-electron chi connectivity index (χ1n) is 49.9. The molecule has 6 fully saturated rings. The van der Waals surface area contributed by atoms with E-state index in [4.69, 9.17) is 121 Å². The van der Waals surface area contributed by atoms with Crippen LogP contribution < -0.4 is 10.6 Å². The van der Waals surface area contributed by atoms with Gasteiger partial charge in [0, 0.05) is 157 Å². The first-order valence-corrected chi connectivity index (χ1v) is 55.8. The number of unbranched alkanes of at least 4 members (excludes halogenated alkanes) is 1. The second-order valence-corrected chi connectivity index (χ2v) is 41.6. The summed E-state index contributed by atoms with van der Waals surface area (Å²) in [4.78, 5) is 91.8. The van der Waals surface area contributed by atoms with E-state index in [2.05, 4.69) is 100 Å². The average Bonchev–Trinajstić information content (AvgIpc) is 0.738. The third kappa shape index (κ3) is 44.6. The molecule has 6 aliphatic heterocycles. The number of methoxy groups -OCH3 is 6. The van der Waals surface area contributed by atoms with Gasteiger partial charge in [-0.05, 0) is 305 Å². The molecule has 0 bridgehead atoms. The summed E-state index contributed by atoms with van der Waals surface area (Å²) < 4.78 is 30.1. The lowest BCUT2D eigenvalue weighted by Crippen LogP contribution is -2.44. The molecule has 0 aromatic heterocycles. The molecule has 22 nitrogen and oxygen atoms in total. The van der Waals surface area contributed by atoms with Crippen LogP contribution >= 0.6 is 143 Å². The first kappa shape index (κ1) is 125. The third-order valence-corrected chi connectivity index (χ3v) is 30.1. The number of rotatable bonds is 41. The van der Waals surface area contributed by atoms with Crippen molar-refractivity contribution in [3.63, 3.8) is 0 Å². The van der Waals surface area contributed by atoms with Crippen molar-refractivity contribution in [2.75, 3.05) is 262 Å². The Morgan fingerprint density at radius 1 is 0.291 bits per heavy atom. The zero-order valence-corrected chi connectivity index (χ0v) is 94.1. The van der Waals surface area contributed by atoms with Crippen LogP contribution in [-0.2, 0) is 57.2 Å². The van der Waals surface area contributed by atoms with E-state index in [1.807, 2.05) is 174 Å². The number of halogens is 8. The van der Waals surface area contributed by atoms with E-state index in [1.54, 1.807) is 0 Å². The van der Waals surface area contributed by atoms with Crippen molar-refractivity contribution in [3.05, 3.63) is 209 Å². The molecule has 0 saturated carbocycles. The number of benzene rings is 6. The van der Waals surface area contributed by atoms with Gasteiger partial charge in [-0.1, -0.05) is 156 Å². The summed E-state index contributed by atoms with van der Waals surface area (Å²) in [6.45, 7) is 28.3. The Bertz CT molecular complexity index is 4270.